The monoisotopic (exact) mass is 330 g/mol. The molecule has 0 rings (SSSR count). The molecule has 4 heteroatoms. The van der Waals surface area contributed by atoms with Crippen molar-refractivity contribution in [2.45, 2.75) is 82.1 Å². The van der Waals surface area contributed by atoms with Gasteiger partial charge < -0.3 is 4.74 Å². The number of alkyl halides is 3. The lowest BCUT2D eigenvalue weighted by Crippen LogP contribution is -2.17. The van der Waals surface area contributed by atoms with E-state index in [2.05, 4.69) is 6.92 Å². The molecule has 0 N–H and O–H groups in total. The van der Waals surface area contributed by atoms with Crippen molar-refractivity contribution in [1.29, 1.82) is 0 Å². The van der Waals surface area contributed by atoms with Gasteiger partial charge in [0.05, 0.1) is 12.7 Å². The van der Waals surface area contributed by atoms with Gasteiger partial charge in [0.25, 0.3) is 0 Å². The first-order chi connectivity index (χ1) is 9.20. The number of ether oxygens (including phenoxy) is 1. The molecule has 19 heavy (non-hydrogen) atoms. The van der Waals surface area contributed by atoms with E-state index < -0.39 is 4.84 Å². The molecule has 0 aromatic rings. The number of halogens is 3. The van der Waals surface area contributed by atoms with E-state index in [0.717, 1.165) is 19.3 Å². The van der Waals surface area contributed by atoms with Gasteiger partial charge in [-0.05, 0) is 19.3 Å². The van der Waals surface area contributed by atoms with Crippen LogP contribution in [0.15, 0.2) is 0 Å². The molecule has 0 aliphatic heterocycles. The summed E-state index contributed by atoms with van der Waals surface area (Å²) in [5.74, 6) is 0.696. The Hall–Kier alpha value is 0.830. The van der Waals surface area contributed by atoms with Crippen molar-refractivity contribution < 1.29 is 4.74 Å². The average molecular weight is 332 g/mol. The zero-order chi connectivity index (χ0) is 14.3. The van der Waals surface area contributed by atoms with E-state index in [9.17, 15) is 0 Å². The molecule has 1 unspecified atom stereocenters. The number of hydrogen-bond donors (Lipinski definition) is 0. The third-order valence-corrected chi connectivity index (χ3v) is 3.77. The molecule has 0 heterocycles. The average Bonchev–Trinajstić information content (AvgIpc) is 2.39. The van der Waals surface area contributed by atoms with Crippen molar-refractivity contribution >= 4 is 34.8 Å². The summed E-state index contributed by atoms with van der Waals surface area (Å²) >= 11 is 17.1. The summed E-state index contributed by atoms with van der Waals surface area (Å²) in [7, 11) is 0. The largest absolute Gasteiger partial charge is 0.375 e. The van der Waals surface area contributed by atoms with Gasteiger partial charge in [-0.15, -0.1) is 34.8 Å². The molecule has 1 atom stereocenters. The van der Waals surface area contributed by atoms with Gasteiger partial charge in [0.15, 0.2) is 0 Å². The third kappa shape index (κ3) is 15.0. The lowest BCUT2D eigenvalue weighted by Gasteiger charge is -2.18. The fourth-order valence-corrected chi connectivity index (χ4v) is 2.45. The first-order valence-electron chi connectivity index (χ1n) is 7.66. The SMILES string of the molecule is CCCCCCCCCC(CCCCl)OCC(Cl)Cl. The topological polar surface area (TPSA) is 9.23 Å². The molecule has 1 nitrogen and oxygen atoms in total. The minimum Gasteiger partial charge on any atom is -0.375 e. The molecule has 0 fully saturated rings. The van der Waals surface area contributed by atoms with Crippen molar-refractivity contribution in [3.8, 4) is 0 Å². The van der Waals surface area contributed by atoms with Crippen LogP contribution in [0.4, 0.5) is 0 Å². The highest BCUT2D eigenvalue weighted by molar-refractivity contribution is 6.44. The lowest BCUT2D eigenvalue weighted by atomic mass is 10.0. The van der Waals surface area contributed by atoms with Crippen LogP contribution in [-0.2, 0) is 4.74 Å². The Morgan fingerprint density at radius 3 is 2.00 bits per heavy atom. The van der Waals surface area contributed by atoms with Gasteiger partial charge in [0.2, 0.25) is 0 Å². The van der Waals surface area contributed by atoms with E-state index in [1.54, 1.807) is 0 Å². The first-order valence-corrected chi connectivity index (χ1v) is 9.07. The van der Waals surface area contributed by atoms with E-state index >= 15 is 0 Å². The summed E-state index contributed by atoms with van der Waals surface area (Å²) in [6.07, 6.45) is 12.7. The maximum Gasteiger partial charge on any atom is 0.131 e. The van der Waals surface area contributed by atoms with Crippen molar-refractivity contribution in [3.63, 3.8) is 0 Å². The summed E-state index contributed by atoms with van der Waals surface area (Å²) in [6.45, 7) is 2.67. The molecule has 0 radical (unpaired) electrons. The zero-order valence-electron chi connectivity index (χ0n) is 12.2. The predicted molar refractivity (Wildman–Crippen MR) is 87.8 cm³/mol. The van der Waals surface area contributed by atoms with Crippen molar-refractivity contribution in [1.82, 2.24) is 0 Å². The van der Waals surface area contributed by atoms with Gasteiger partial charge in [-0.2, -0.15) is 0 Å². The second kappa shape index (κ2) is 15.2. The van der Waals surface area contributed by atoms with Crippen LogP contribution in [0.2, 0.25) is 0 Å². The highest BCUT2D eigenvalue weighted by atomic mass is 35.5. The first kappa shape index (κ1) is 19.8. The molecular weight excluding hydrogens is 303 g/mol. The van der Waals surface area contributed by atoms with Crippen LogP contribution in [0.1, 0.15) is 71.1 Å². The molecule has 0 aliphatic carbocycles. The fourth-order valence-electron chi connectivity index (χ4n) is 2.15. The van der Waals surface area contributed by atoms with Gasteiger partial charge >= 0.3 is 0 Å². The van der Waals surface area contributed by atoms with Gasteiger partial charge in [0.1, 0.15) is 4.84 Å². The Kier molecular flexibility index (Phi) is 15.9. The third-order valence-electron chi connectivity index (χ3n) is 3.25. The summed E-state index contributed by atoms with van der Waals surface area (Å²) in [6, 6.07) is 0. The van der Waals surface area contributed by atoms with Crippen LogP contribution < -0.4 is 0 Å². The van der Waals surface area contributed by atoms with E-state index in [1.165, 1.54) is 44.9 Å². The quantitative estimate of drug-likeness (QED) is 0.267. The second-order valence-corrected chi connectivity index (χ2v) is 6.74. The van der Waals surface area contributed by atoms with Crippen LogP contribution >= 0.6 is 34.8 Å². The molecule has 0 aromatic carbocycles. The van der Waals surface area contributed by atoms with Crippen LogP contribution in [0, 0.1) is 0 Å². The normalized spacial score (nSPS) is 13.1. The van der Waals surface area contributed by atoms with E-state index in [1.807, 2.05) is 0 Å². The van der Waals surface area contributed by atoms with E-state index in [4.69, 9.17) is 39.5 Å². The maximum absolute atomic E-state index is 5.73. The summed E-state index contributed by atoms with van der Waals surface area (Å²) in [5.41, 5.74) is 0. The minimum atomic E-state index is -0.424. The van der Waals surface area contributed by atoms with Gasteiger partial charge in [-0.1, -0.05) is 51.9 Å². The Labute approximate surface area is 134 Å². The Morgan fingerprint density at radius 2 is 1.42 bits per heavy atom. The van der Waals surface area contributed by atoms with Gasteiger partial charge in [0, 0.05) is 5.88 Å². The predicted octanol–water partition coefficient (Wildman–Crippen LogP) is 6.34. The van der Waals surface area contributed by atoms with Crippen molar-refractivity contribution in [2.75, 3.05) is 12.5 Å². The van der Waals surface area contributed by atoms with E-state index in [-0.39, 0.29) is 6.10 Å². The minimum absolute atomic E-state index is 0.273. The zero-order valence-corrected chi connectivity index (χ0v) is 14.4. The van der Waals surface area contributed by atoms with Crippen LogP contribution in [0.3, 0.4) is 0 Å². The Bertz CT molecular complexity index is 177. The van der Waals surface area contributed by atoms with Crippen LogP contribution in [0.25, 0.3) is 0 Å². The number of hydrogen-bond acceptors (Lipinski definition) is 1. The number of rotatable bonds is 14. The summed E-state index contributed by atoms with van der Waals surface area (Å²) in [4.78, 5) is -0.424. The number of unbranched alkanes of at least 4 members (excludes halogenated alkanes) is 6. The lowest BCUT2D eigenvalue weighted by molar-refractivity contribution is 0.0464. The molecule has 0 aromatic heterocycles. The summed E-state index contributed by atoms with van der Waals surface area (Å²) < 4.78 is 5.73. The van der Waals surface area contributed by atoms with Gasteiger partial charge in [-0.3, -0.25) is 0 Å². The molecule has 0 bridgehead atoms. The van der Waals surface area contributed by atoms with Gasteiger partial charge in [-0.25, -0.2) is 0 Å². The van der Waals surface area contributed by atoms with Crippen LogP contribution in [-0.4, -0.2) is 23.4 Å². The Morgan fingerprint density at radius 1 is 0.842 bits per heavy atom. The summed E-state index contributed by atoms with van der Waals surface area (Å²) in [5, 5.41) is 0. The molecule has 0 saturated heterocycles. The Balaban J connectivity index is 3.55. The molecule has 0 saturated carbocycles. The van der Waals surface area contributed by atoms with E-state index in [0.29, 0.717) is 12.5 Å². The molecule has 116 valence electrons. The molecule has 0 aliphatic rings. The van der Waals surface area contributed by atoms with Crippen LogP contribution in [0.5, 0.6) is 0 Å². The molecule has 0 spiro atoms. The maximum atomic E-state index is 5.73. The smallest absolute Gasteiger partial charge is 0.131 e. The van der Waals surface area contributed by atoms with Crippen molar-refractivity contribution in [2.24, 2.45) is 0 Å². The molecule has 0 amide bonds. The highest BCUT2D eigenvalue weighted by Gasteiger charge is 2.10. The van der Waals surface area contributed by atoms with Crippen molar-refractivity contribution in [3.05, 3.63) is 0 Å². The second-order valence-electron chi connectivity index (χ2n) is 5.09. The molecular formula is C15H29Cl3O. The standard InChI is InChI=1S/C15H29Cl3O/c1-2-3-4-5-6-7-8-10-14(11-9-12-16)19-13-15(17)18/h14-15H,2-13H2,1H3. The highest BCUT2D eigenvalue weighted by Crippen LogP contribution is 2.16. The fraction of sp³-hybridized carbons (Fsp3) is 1.00.